The van der Waals surface area contributed by atoms with Crippen molar-refractivity contribution in [2.24, 2.45) is 0 Å². The van der Waals surface area contributed by atoms with Crippen molar-refractivity contribution in [2.75, 3.05) is 0 Å². The highest BCUT2D eigenvalue weighted by Crippen LogP contribution is 2.17. The van der Waals surface area contributed by atoms with E-state index in [1.807, 2.05) is 24.3 Å². The van der Waals surface area contributed by atoms with E-state index in [1.54, 1.807) is 6.07 Å². The monoisotopic (exact) mass is 189 g/mol. The van der Waals surface area contributed by atoms with E-state index in [0.717, 1.165) is 11.3 Å². The molecule has 13 heavy (non-hydrogen) atoms. The second kappa shape index (κ2) is 3.54. The molecule has 1 aromatic carbocycles. The molecule has 1 heterocycles. The summed E-state index contributed by atoms with van der Waals surface area (Å²) in [6, 6.07) is 12.2. The van der Waals surface area contributed by atoms with Crippen LogP contribution in [0.5, 0.6) is 0 Å². The highest BCUT2D eigenvalue weighted by Gasteiger charge is 1.98. The lowest BCUT2D eigenvalue weighted by Crippen LogP contribution is -1.84. The minimum absolute atomic E-state index is 0.456. The first kappa shape index (κ1) is 8.20. The van der Waals surface area contributed by atoms with Gasteiger partial charge in [0.25, 0.3) is 0 Å². The van der Waals surface area contributed by atoms with Crippen molar-refractivity contribution in [1.29, 1.82) is 0 Å². The normalized spacial score (nSPS) is 9.92. The Balaban J connectivity index is 2.48. The summed E-state index contributed by atoms with van der Waals surface area (Å²) in [5, 5.41) is 0.456. The van der Waals surface area contributed by atoms with Gasteiger partial charge in [-0.25, -0.2) is 9.97 Å². The van der Waals surface area contributed by atoms with Crippen LogP contribution in [0.2, 0.25) is 5.15 Å². The molecule has 0 spiro atoms. The number of aromatic nitrogens is 2. The molecule has 0 bridgehead atoms. The minimum atomic E-state index is 0.456. The Hall–Kier alpha value is -1.41. The van der Waals surface area contributed by atoms with Crippen LogP contribution in [0.4, 0.5) is 0 Å². The van der Waals surface area contributed by atoms with E-state index in [1.165, 1.54) is 6.33 Å². The van der Waals surface area contributed by atoms with Gasteiger partial charge in [0, 0.05) is 11.6 Å². The van der Waals surface area contributed by atoms with Crippen LogP contribution in [0.3, 0.4) is 0 Å². The second-order valence-electron chi connectivity index (χ2n) is 2.51. The number of hydrogen-bond donors (Lipinski definition) is 0. The van der Waals surface area contributed by atoms with Crippen LogP contribution in [0.25, 0.3) is 11.3 Å². The third-order valence-electron chi connectivity index (χ3n) is 1.65. The highest BCUT2D eigenvalue weighted by molar-refractivity contribution is 6.29. The molecule has 0 aliphatic heterocycles. The average Bonchev–Trinajstić information content (AvgIpc) is 2.19. The van der Waals surface area contributed by atoms with Crippen molar-refractivity contribution in [3.8, 4) is 11.3 Å². The minimum Gasteiger partial charge on any atom is -0.236 e. The quantitative estimate of drug-likeness (QED) is 0.645. The van der Waals surface area contributed by atoms with Crippen molar-refractivity contribution in [3.05, 3.63) is 47.9 Å². The van der Waals surface area contributed by atoms with Crippen LogP contribution < -0.4 is 0 Å². The first-order valence-corrected chi connectivity index (χ1v) is 4.18. The number of hydrogen-bond acceptors (Lipinski definition) is 2. The molecule has 0 fully saturated rings. The van der Waals surface area contributed by atoms with Gasteiger partial charge in [-0.2, -0.15) is 0 Å². The van der Waals surface area contributed by atoms with E-state index in [0.29, 0.717) is 5.15 Å². The zero-order chi connectivity index (χ0) is 9.10. The summed E-state index contributed by atoms with van der Waals surface area (Å²) in [6.07, 6.45) is 1.45. The van der Waals surface area contributed by atoms with Gasteiger partial charge in [0.1, 0.15) is 11.5 Å². The van der Waals surface area contributed by atoms with Gasteiger partial charge in [0.15, 0.2) is 0 Å². The summed E-state index contributed by atoms with van der Waals surface area (Å²) in [6.45, 7) is 0. The Morgan fingerprint density at radius 3 is 2.62 bits per heavy atom. The molecular formula is C10H6ClN2. The highest BCUT2D eigenvalue weighted by atomic mass is 35.5. The Morgan fingerprint density at radius 1 is 1.15 bits per heavy atom. The average molecular weight is 190 g/mol. The smallest absolute Gasteiger partial charge is 0.133 e. The predicted octanol–water partition coefficient (Wildman–Crippen LogP) is 2.60. The van der Waals surface area contributed by atoms with E-state index in [-0.39, 0.29) is 0 Å². The van der Waals surface area contributed by atoms with Crippen LogP contribution in [-0.4, -0.2) is 9.97 Å². The third kappa shape index (κ3) is 1.84. The molecule has 1 radical (unpaired) electrons. The number of nitrogens with zero attached hydrogens (tertiary/aromatic N) is 2. The fourth-order valence-corrected chi connectivity index (χ4v) is 1.20. The number of rotatable bonds is 1. The van der Waals surface area contributed by atoms with Gasteiger partial charge >= 0.3 is 0 Å². The molecule has 0 unspecified atom stereocenters. The molecule has 0 atom stereocenters. The summed E-state index contributed by atoms with van der Waals surface area (Å²) in [7, 11) is 0. The third-order valence-corrected chi connectivity index (χ3v) is 1.85. The Kier molecular flexibility index (Phi) is 2.23. The lowest BCUT2D eigenvalue weighted by Gasteiger charge is -1.98. The summed E-state index contributed by atoms with van der Waals surface area (Å²) in [5.41, 5.74) is 1.84. The predicted molar refractivity (Wildman–Crippen MR) is 51.3 cm³/mol. The Morgan fingerprint density at radius 2 is 1.92 bits per heavy atom. The maximum absolute atomic E-state index is 5.74. The Bertz CT molecular complexity index is 401. The van der Waals surface area contributed by atoms with Crippen molar-refractivity contribution >= 4 is 11.6 Å². The first-order chi connectivity index (χ1) is 6.36. The van der Waals surface area contributed by atoms with Crippen LogP contribution in [0.15, 0.2) is 36.7 Å². The topological polar surface area (TPSA) is 25.8 Å². The van der Waals surface area contributed by atoms with E-state index >= 15 is 0 Å². The van der Waals surface area contributed by atoms with Crippen LogP contribution in [0.1, 0.15) is 0 Å². The fraction of sp³-hybridized carbons (Fsp3) is 0. The molecular weight excluding hydrogens is 184 g/mol. The van der Waals surface area contributed by atoms with E-state index in [4.69, 9.17) is 11.6 Å². The van der Waals surface area contributed by atoms with Crippen molar-refractivity contribution in [2.45, 2.75) is 0 Å². The van der Waals surface area contributed by atoms with Gasteiger partial charge < -0.3 is 0 Å². The molecule has 0 N–H and O–H groups in total. The molecule has 2 nitrogen and oxygen atoms in total. The largest absolute Gasteiger partial charge is 0.236 e. The van der Waals surface area contributed by atoms with Crippen molar-refractivity contribution in [3.63, 3.8) is 0 Å². The number of benzene rings is 1. The lowest BCUT2D eigenvalue weighted by molar-refractivity contribution is 1.17. The SMILES string of the molecule is Clc1cc(-c2cc[c]cc2)ncn1. The molecule has 0 amide bonds. The van der Waals surface area contributed by atoms with Gasteiger partial charge in [-0.05, 0) is 6.07 Å². The van der Waals surface area contributed by atoms with Gasteiger partial charge in [0.2, 0.25) is 0 Å². The zero-order valence-corrected chi connectivity index (χ0v) is 7.49. The summed E-state index contributed by atoms with van der Waals surface area (Å²) >= 11 is 5.74. The van der Waals surface area contributed by atoms with Gasteiger partial charge in [-0.15, -0.1) is 0 Å². The summed E-state index contributed by atoms with van der Waals surface area (Å²) in [5.74, 6) is 0. The molecule has 0 aliphatic carbocycles. The first-order valence-electron chi connectivity index (χ1n) is 3.80. The molecule has 0 aliphatic rings. The zero-order valence-electron chi connectivity index (χ0n) is 6.74. The molecule has 0 saturated carbocycles. The van der Waals surface area contributed by atoms with Gasteiger partial charge in [-0.1, -0.05) is 35.9 Å². The lowest BCUT2D eigenvalue weighted by atomic mass is 10.1. The van der Waals surface area contributed by atoms with E-state index in [2.05, 4.69) is 16.0 Å². The van der Waals surface area contributed by atoms with Crippen LogP contribution in [0, 0.1) is 6.07 Å². The van der Waals surface area contributed by atoms with Gasteiger partial charge in [-0.3, -0.25) is 0 Å². The molecule has 1 aromatic heterocycles. The maximum Gasteiger partial charge on any atom is 0.133 e. The second-order valence-corrected chi connectivity index (χ2v) is 2.90. The molecule has 3 heteroatoms. The maximum atomic E-state index is 5.74. The number of halogens is 1. The van der Waals surface area contributed by atoms with Crippen molar-refractivity contribution < 1.29 is 0 Å². The Labute approximate surface area is 81.2 Å². The molecule has 2 aromatic rings. The fourth-order valence-electron chi connectivity index (χ4n) is 1.05. The standard InChI is InChI=1S/C10H6ClN2/c11-10-6-9(12-7-13-10)8-4-2-1-3-5-8/h2-7H. The molecule has 0 saturated heterocycles. The summed E-state index contributed by atoms with van der Waals surface area (Å²) in [4.78, 5) is 7.91. The van der Waals surface area contributed by atoms with E-state index in [9.17, 15) is 0 Å². The molecule has 63 valence electrons. The van der Waals surface area contributed by atoms with Crippen LogP contribution >= 0.6 is 11.6 Å². The summed E-state index contributed by atoms with van der Waals surface area (Å²) < 4.78 is 0. The van der Waals surface area contributed by atoms with Crippen molar-refractivity contribution in [1.82, 2.24) is 9.97 Å². The van der Waals surface area contributed by atoms with Crippen LogP contribution in [-0.2, 0) is 0 Å². The molecule has 2 rings (SSSR count). The van der Waals surface area contributed by atoms with Gasteiger partial charge in [0.05, 0.1) is 5.69 Å². The van der Waals surface area contributed by atoms with E-state index < -0.39 is 0 Å².